The van der Waals surface area contributed by atoms with Gasteiger partial charge in [-0.15, -0.1) is 0 Å². The lowest BCUT2D eigenvalue weighted by Crippen LogP contribution is -2.17. The molecular formula is C12H18N2O3S. The Morgan fingerprint density at radius 1 is 1.39 bits per heavy atom. The van der Waals surface area contributed by atoms with Crippen molar-refractivity contribution in [2.45, 2.75) is 13.3 Å². The van der Waals surface area contributed by atoms with Gasteiger partial charge in [-0.2, -0.15) is 0 Å². The van der Waals surface area contributed by atoms with Gasteiger partial charge in [0.05, 0.1) is 11.5 Å². The highest BCUT2D eigenvalue weighted by atomic mass is 32.2. The summed E-state index contributed by atoms with van der Waals surface area (Å²) in [6.45, 7) is 1.94. The molecule has 0 aromatic heterocycles. The van der Waals surface area contributed by atoms with Crippen molar-refractivity contribution in [1.82, 2.24) is 0 Å². The fourth-order valence-electron chi connectivity index (χ4n) is 1.45. The zero-order chi connectivity index (χ0) is 13.6. The molecule has 0 saturated heterocycles. The molecule has 5 nitrogen and oxygen atoms in total. The maximum Gasteiger partial charge on any atom is 0.153 e. The minimum atomic E-state index is -3.02. The number of nitrogens with two attached hydrogens (primary N) is 1. The first-order valence-corrected chi connectivity index (χ1v) is 7.54. The van der Waals surface area contributed by atoms with Crippen LogP contribution in [0, 0.1) is 5.41 Å². The van der Waals surface area contributed by atoms with Crippen molar-refractivity contribution < 1.29 is 13.2 Å². The average molecular weight is 270 g/mol. The fourth-order valence-corrected chi connectivity index (χ4v) is 2.62. The van der Waals surface area contributed by atoms with Crippen molar-refractivity contribution in [3.05, 3.63) is 29.8 Å². The number of amidine groups is 1. The van der Waals surface area contributed by atoms with E-state index >= 15 is 0 Å². The molecule has 0 saturated carbocycles. The second-order valence-corrected chi connectivity index (χ2v) is 6.25. The highest BCUT2D eigenvalue weighted by Crippen LogP contribution is 2.13. The van der Waals surface area contributed by atoms with E-state index in [1.54, 1.807) is 24.3 Å². The molecule has 0 fully saturated rings. The van der Waals surface area contributed by atoms with Crippen LogP contribution in [0.2, 0.25) is 0 Å². The molecule has 0 radical (unpaired) electrons. The molecule has 0 bridgehead atoms. The van der Waals surface area contributed by atoms with Crippen LogP contribution in [0.25, 0.3) is 0 Å². The summed E-state index contributed by atoms with van der Waals surface area (Å²) in [5.74, 6) is 0.670. The fraction of sp³-hybridized carbons (Fsp3) is 0.417. The second-order valence-electron chi connectivity index (χ2n) is 3.94. The Bertz CT molecular complexity index is 512. The van der Waals surface area contributed by atoms with E-state index in [0.717, 1.165) is 0 Å². The van der Waals surface area contributed by atoms with Gasteiger partial charge in [0, 0.05) is 5.56 Å². The number of sulfone groups is 1. The Labute approximate surface area is 107 Å². The number of nitrogen functional groups attached to an aromatic ring is 1. The van der Waals surface area contributed by atoms with Crippen LogP contribution in [0.5, 0.6) is 5.75 Å². The first kappa shape index (κ1) is 14.5. The Morgan fingerprint density at radius 3 is 2.72 bits per heavy atom. The number of hydrogen-bond acceptors (Lipinski definition) is 4. The predicted molar refractivity (Wildman–Crippen MR) is 71.9 cm³/mol. The van der Waals surface area contributed by atoms with Gasteiger partial charge in [-0.3, -0.25) is 5.41 Å². The molecule has 6 heteroatoms. The van der Waals surface area contributed by atoms with Crippen LogP contribution < -0.4 is 10.5 Å². The maximum absolute atomic E-state index is 11.5. The Balaban J connectivity index is 2.54. The van der Waals surface area contributed by atoms with Gasteiger partial charge in [-0.25, -0.2) is 8.42 Å². The number of rotatable bonds is 7. The van der Waals surface area contributed by atoms with E-state index in [0.29, 0.717) is 17.7 Å². The van der Waals surface area contributed by atoms with Crippen LogP contribution in [0.15, 0.2) is 24.3 Å². The summed E-state index contributed by atoms with van der Waals surface area (Å²) in [5.41, 5.74) is 5.91. The van der Waals surface area contributed by atoms with Gasteiger partial charge in [0.2, 0.25) is 0 Å². The first-order chi connectivity index (χ1) is 8.44. The molecule has 3 N–H and O–H groups in total. The number of benzene rings is 1. The van der Waals surface area contributed by atoms with Gasteiger partial charge in [-0.05, 0) is 18.6 Å². The lowest BCUT2D eigenvalue weighted by molar-refractivity contribution is 0.341. The van der Waals surface area contributed by atoms with Gasteiger partial charge in [0.25, 0.3) is 0 Å². The number of hydrogen-bond donors (Lipinski definition) is 2. The van der Waals surface area contributed by atoms with E-state index in [-0.39, 0.29) is 23.9 Å². The summed E-state index contributed by atoms with van der Waals surface area (Å²) in [5, 5.41) is 7.29. The predicted octanol–water partition coefficient (Wildman–Crippen LogP) is 1.17. The van der Waals surface area contributed by atoms with E-state index in [9.17, 15) is 8.42 Å². The summed E-state index contributed by atoms with van der Waals surface area (Å²) in [6.07, 6.45) is 0.613. The van der Waals surface area contributed by atoms with Gasteiger partial charge in [0.1, 0.15) is 18.2 Å². The monoisotopic (exact) mass is 270 g/mol. The van der Waals surface area contributed by atoms with Crippen LogP contribution in [0.1, 0.15) is 18.9 Å². The van der Waals surface area contributed by atoms with Crippen LogP contribution in [0.4, 0.5) is 0 Å². The zero-order valence-corrected chi connectivity index (χ0v) is 11.2. The van der Waals surface area contributed by atoms with Gasteiger partial charge in [0.15, 0.2) is 9.84 Å². The molecule has 0 unspecified atom stereocenters. The zero-order valence-electron chi connectivity index (χ0n) is 10.3. The molecule has 0 amide bonds. The van der Waals surface area contributed by atoms with Crippen molar-refractivity contribution in [3.8, 4) is 5.75 Å². The minimum absolute atomic E-state index is 0.00510. The molecule has 18 heavy (non-hydrogen) atoms. The molecule has 1 rings (SSSR count). The molecule has 0 atom stereocenters. The highest BCUT2D eigenvalue weighted by Gasteiger charge is 2.09. The van der Waals surface area contributed by atoms with Gasteiger partial charge >= 0.3 is 0 Å². The summed E-state index contributed by atoms with van der Waals surface area (Å²) in [6, 6.07) is 6.74. The summed E-state index contributed by atoms with van der Waals surface area (Å²) < 4.78 is 28.3. The third-order valence-corrected chi connectivity index (χ3v) is 4.14. The minimum Gasteiger partial charge on any atom is -0.493 e. The molecule has 1 aromatic carbocycles. The molecule has 0 spiro atoms. The Hall–Kier alpha value is -1.56. The van der Waals surface area contributed by atoms with Crippen molar-refractivity contribution in [3.63, 3.8) is 0 Å². The van der Waals surface area contributed by atoms with Crippen LogP contribution >= 0.6 is 0 Å². The first-order valence-electron chi connectivity index (χ1n) is 5.72. The molecule has 0 heterocycles. The largest absolute Gasteiger partial charge is 0.493 e. The Kier molecular flexibility index (Phi) is 5.15. The third-order valence-electron chi connectivity index (χ3n) is 2.32. The molecule has 0 aliphatic rings. The second kappa shape index (κ2) is 6.39. The quantitative estimate of drug-likeness (QED) is 0.574. The highest BCUT2D eigenvalue weighted by molar-refractivity contribution is 7.91. The van der Waals surface area contributed by atoms with Gasteiger partial charge < -0.3 is 10.5 Å². The van der Waals surface area contributed by atoms with Gasteiger partial charge in [-0.1, -0.05) is 19.1 Å². The maximum atomic E-state index is 11.5. The van der Waals surface area contributed by atoms with E-state index in [1.165, 1.54) is 0 Å². The SMILES string of the molecule is CCCS(=O)(=O)CCOc1cccc(C(=N)N)c1. The molecule has 100 valence electrons. The van der Waals surface area contributed by atoms with Crippen molar-refractivity contribution >= 4 is 15.7 Å². The van der Waals surface area contributed by atoms with Crippen LogP contribution in [0.3, 0.4) is 0 Å². The molecule has 0 aliphatic carbocycles. The van der Waals surface area contributed by atoms with Crippen molar-refractivity contribution in [2.75, 3.05) is 18.1 Å². The van der Waals surface area contributed by atoms with E-state index in [1.807, 2.05) is 6.92 Å². The van der Waals surface area contributed by atoms with E-state index in [2.05, 4.69) is 0 Å². The smallest absolute Gasteiger partial charge is 0.153 e. The lowest BCUT2D eigenvalue weighted by Gasteiger charge is -2.07. The number of ether oxygens (including phenoxy) is 1. The van der Waals surface area contributed by atoms with E-state index < -0.39 is 9.84 Å². The standard InChI is InChI=1S/C12H18N2O3S/c1-2-7-18(15,16)8-6-17-11-5-3-4-10(9-11)12(13)14/h3-5,9H,2,6-8H2,1H3,(H3,13,14). The normalized spacial score (nSPS) is 11.2. The lowest BCUT2D eigenvalue weighted by atomic mass is 10.2. The Morgan fingerprint density at radius 2 is 2.11 bits per heavy atom. The topological polar surface area (TPSA) is 93.2 Å². The number of nitrogens with one attached hydrogen (secondary N) is 1. The van der Waals surface area contributed by atoms with Crippen molar-refractivity contribution in [2.24, 2.45) is 5.73 Å². The van der Waals surface area contributed by atoms with Crippen molar-refractivity contribution in [1.29, 1.82) is 5.41 Å². The summed E-state index contributed by atoms with van der Waals surface area (Å²) in [4.78, 5) is 0. The molecule has 0 aliphatic heterocycles. The molecular weight excluding hydrogens is 252 g/mol. The average Bonchev–Trinajstić information content (AvgIpc) is 2.29. The summed E-state index contributed by atoms with van der Waals surface area (Å²) >= 11 is 0. The van der Waals surface area contributed by atoms with Crippen LogP contribution in [-0.4, -0.2) is 32.4 Å². The molecule has 1 aromatic rings. The third kappa shape index (κ3) is 4.75. The summed E-state index contributed by atoms with van der Waals surface area (Å²) in [7, 11) is -3.02. The van der Waals surface area contributed by atoms with E-state index in [4.69, 9.17) is 15.9 Å². The van der Waals surface area contributed by atoms with Crippen LogP contribution in [-0.2, 0) is 9.84 Å².